The number of H-pyrrole nitrogens is 1. The Labute approximate surface area is 62.7 Å². The van der Waals surface area contributed by atoms with Gasteiger partial charge in [-0.15, -0.1) is 5.10 Å². The van der Waals surface area contributed by atoms with E-state index in [1.807, 2.05) is 0 Å². The quantitative estimate of drug-likeness (QED) is 0.572. The van der Waals surface area contributed by atoms with Gasteiger partial charge in [0.1, 0.15) is 0 Å². The molecule has 6 heteroatoms. The number of carbonyl (C=O) groups is 1. The van der Waals surface area contributed by atoms with E-state index in [0.717, 1.165) is 0 Å². The summed E-state index contributed by atoms with van der Waals surface area (Å²) in [6, 6.07) is 0. The van der Waals surface area contributed by atoms with Crippen molar-refractivity contribution in [2.75, 3.05) is 5.32 Å². The molecule has 6 nitrogen and oxygen atoms in total. The van der Waals surface area contributed by atoms with Gasteiger partial charge >= 0.3 is 0 Å². The van der Waals surface area contributed by atoms with Gasteiger partial charge in [-0.3, -0.25) is 10.1 Å². The molecule has 0 bridgehead atoms. The molecule has 11 heavy (non-hydrogen) atoms. The number of anilines is 1. The molecule has 0 radical (unpaired) electrons. The number of tetrazole rings is 1. The van der Waals surface area contributed by atoms with Crippen molar-refractivity contribution in [3.8, 4) is 0 Å². The fourth-order valence-electron chi connectivity index (χ4n) is 0.518. The van der Waals surface area contributed by atoms with Crippen molar-refractivity contribution in [2.24, 2.45) is 0 Å². The lowest BCUT2D eigenvalue weighted by molar-refractivity contribution is -0.112. The van der Waals surface area contributed by atoms with Gasteiger partial charge in [0.2, 0.25) is 5.91 Å². The largest absolute Gasteiger partial charge is 0.288 e. The van der Waals surface area contributed by atoms with Crippen molar-refractivity contribution >= 4 is 11.9 Å². The van der Waals surface area contributed by atoms with E-state index < -0.39 is 0 Å². The number of carbonyl (C=O) groups excluding carboxylic acids is 1. The van der Waals surface area contributed by atoms with E-state index >= 15 is 0 Å². The third-order valence-corrected chi connectivity index (χ3v) is 0.898. The molecule has 0 fully saturated rings. The van der Waals surface area contributed by atoms with Crippen LogP contribution in [0.5, 0.6) is 0 Å². The van der Waals surface area contributed by atoms with Gasteiger partial charge in [0.05, 0.1) is 0 Å². The maximum absolute atomic E-state index is 10.8. The van der Waals surface area contributed by atoms with Crippen LogP contribution in [0.15, 0.2) is 12.2 Å². The lowest BCUT2D eigenvalue weighted by Crippen LogP contribution is -2.08. The van der Waals surface area contributed by atoms with E-state index in [4.69, 9.17) is 0 Å². The second kappa shape index (κ2) is 3.45. The van der Waals surface area contributed by atoms with E-state index in [-0.39, 0.29) is 11.9 Å². The highest BCUT2D eigenvalue weighted by molar-refractivity contribution is 5.97. The Bertz CT molecular complexity index is 252. The first kappa shape index (κ1) is 7.39. The van der Waals surface area contributed by atoms with E-state index in [2.05, 4.69) is 25.9 Å². The number of amides is 1. The summed E-state index contributed by atoms with van der Waals surface area (Å²) in [5.41, 5.74) is 0. The van der Waals surface area contributed by atoms with Gasteiger partial charge in [-0.05, 0) is 18.2 Å². The highest BCUT2D eigenvalue weighted by Crippen LogP contribution is 1.89. The summed E-state index contributed by atoms with van der Waals surface area (Å²) in [7, 11) is 0. The Hall–Kier alpha value is -1.72. The van der Waals surface area contributed by atoms with Crippen molar-refractivity contribution in [3.63, 3.8) is 0 Å². The van der Waals surface area contributed by atoms with Crippen LogP contribution in [0, 0.1) is 0 Å². The zero-order valence-electron chi connectivity index (χ0n) is 5.90. The molecule has 2 N–H and O–H groups in total. The molecule has 1 aromatic heterocycles. The van der Waals surface area contributed by atoms with Crippen LogP contribution in [0.25, 0.3) is 0 Å². The van der Waals surface area contributed by atoms with Crippen LogP contribution in [0.2, 0.25) is 0 Å². The van der Waals surface area contributed by atoms with Crippen LogP contribution < -0.4 is 5.32 Å². The molecule has 1 amide bonds. The Morgan fingerprint density at radius 3 is 3.09 bits per heavy atom. The predicted octanol–water partition coefficient (Wildman–Crippen LogP) is -0.286. The summed E-state index contributed by atoms with van der Waals surface area (Å²) in [5.74, 6) is -0.0954. The number of aromatic nitrogens is 4. The number of nitrogens with zero attached hydrogens (tertiary/aromatic N) is 3. The Kier molecular flexibility index (Phi) is 2.32. The number of allylic oxidation sites excluding steroid dienone is 1. The number of nitrogens with one attached hydrogen (secondary N) is 2. The maximum atomic E-state index is 10.8. The normalized spacial score (nSPS) is 10.3. The number of hydrogen-bond donors (Lipinski definition) is 2. The molecule has 58 valence electrons. The van der Waals surface area contributed by atoms with Crippen molar-refractivity contribution in [1.82, 2.24) is 20.6 Å². The number of rotatable bonds is 2. The second-order valence-electron chi connectivity index (χ2n) is 1.72. The van der Waals surface area contributed by atoms with Crippen LogP contribution >= 0.6 is 0 Å². The fourth-order valence-corrected chi connectivity index (χ4v) is 0.518. The second-order valence-corrected chi connectivity index (χ2v) is 1.72. The Morgan fingerprint density at radius 2 is 2.55 bits per heavy atom. The zero-order chi connectivity index (χ0) is 8.10. The number of hydrogen-bond acceptors (Lipinski definition) is 4. The lowest BCUT2D eigenvalue weighted by Gasteiger charge is -1.90. The Balaban J connectivity index is 2.50. The van der Waals surface area contributed by atoms with Crippen molar-refractivity contribution in [3.05, 3.63) is 12.2 Å². The van der Waals surface area contributed by atoms with Gasteiger partial charge in [0.25, 0.3) is 5.95 Å². The minimum atomic E-state index is -0.270. The third-order valence-electron chi connectivity index (χ3n) is 0.898. The first-order chi connectivity index (χ1) is 5.33. The summed E-state index contributed by atoms with van der Waals surface area (Å²) in [4.78, 5) is 10.8. The summed E-state index contributed by atoms with van der Waals surface area (Å²) < 4.78 is 0. The molecular formula is C5H7N5O. The third kappa shape index (κ3) is 2.17. The SMILES string of the molecule is C/C=C/C(=O)Nc1nn[nH]n1. The van der Waals surface area contributed by atoms with Crippen molar-refractivity contribution in [2.45, 2.75) is 6.92 Å². The molecule has 0 saturated heterocycles. The molecule has 0 spiro atoms. The molecule has 1 rings (SSSR count). The van der Waals surface area contributed by atoms with Gasteiger partial charge in [-0.1, -0.05) is 11.2 Å². The van der Waals surface area contributed by atoms with Gasteiger partial charge in [-0.2, -0.15) is 5.21 Å². The highest BCUT2D eigenvalue weighted by Gasteiger charge is 1.99. The molecule has 0 atom stereocenters. The Morgan fingerprint density at radius 1 is 1.73 bits per heavy atom. The van der Waals surface area contributed by atoms with Crippen LogP contribution in [0.3, 0.4) is 0 Å². The fraction of sp³-hybridized carbons (Fsp3) is 0.200. The summed E-state index contributed by atoms with van der Waals surface area (Å²) in [6.07, 6.45) is 2.99. The van der Waals surface area contributed by atoms with E-state index in [9.17, 15) is 4.79 Å². The molecule has 0 aliphatic heterocycles. The van der Waals surface area contributed by atoms with E-state index in [1.54, 1.807) is 13.0 Å². The van der Waals surface area contributed by atoms with Gasteiger partial charge in [0, 0.05) is 0 Å². The van der Waals surface area contributed by atoms with Crippen molar-refractivity contribution < 1.29 is 4.79 Å². The molecule has 1 heterocycles. The van der Waals surface area contributed by atoms with Gasteiger partial charge in [0.15, 0.2) is 0 Å². The van der Waals surface area contributed by atoms with Gasteiger partial charge < -0.3 is 0 Å². The highest BCUT2D eigenvalue weighted by atomic mass is 16.1. The minimum absolute atomic E-state index is 0.174. The molecular weight excluding hydrogens is 146 g/mol. The molecule has 0 aliphatic rings. The summed E-state index contributed by atoms with van der Waals surface area (Å²) >= 11 is 0. The smallest absolute Gasteiger partial charge is 0.270 e. The topological polar surface area (TPSA) is 83.6 Å². The molecule has 0 unspecified atom stereocenters. The van der Waals surface area contributed by atoms with Crippen LogP contribution in [-0.4, -0.2) is 26.5 Å². The average Bonchev–Trinajstić information content (AvgIpc) is 2.40. The van der Waals surface area contributed by atoms with Crippen molar-refractivity contribution in [1.29, 1.82) is 0 Å². The number of aromatic amines is 1. The minimum Gasteiger partial charge on any atom is -0.288 e. The lowest BCUT2D eigenvalue weighted by atomic mass is 10.5. The summed E-state index contributed by atoms with van der Waals surface area (Å²) in [6.45, 7) is 1.75. The summed E-state index contributed by atoms with van der Waals surface area (Å²) in [5, 5.41) is 14.9. The molecule has 0 aromatic carbocycles. The first-order valence-electron chi connectivity index (χ1n) is 3.00. The monoisotopic (exact) mass is 153 g/mol. The van der Waals surface area contributed by atoms with Crippen LogP contribution in [0.1, 0.15) is 6.92 Å². The predicted molar refractivity (Wildman–Crippen MR) is 37.6 cm³/mol. The average molecular weight is 153 g/mol. The molecule has 1 aromatic rings. The molecule has 0 aliphatic carbocycles. The first-order valence-corrected chi connectivity index (χ1v) is 3.00. The standard InChI is InChI=1S/C5H7N5O/c1-2-3-4(11)6-5-7-9-10-8-5/h2-3H,1H3,(H2,6,7,8,9,10,11)/b3-2+. The maximum Gasteiger partial charge on any atom is 0.270 e. The zero-order valence-corrected chi connectivity index (χ0v) is 5.90. The van der Waals surface area contributed by atoms with E-state index in [0.29, 0.717) is 0 Å². The van der Waals surface area contributed by atoms with E-state index in [1.165, 1.54) is 6.08 Å². The van der Waals surface area contributed by atoms with Gasteiger partial charge in [-0.25, -0.2) is 0 Å². The van der Waals surface area contributed by atoms with Crippen LogP contribution in [0.4, 0.5) is 5.95 Å². The molecule has 0 saturated carbocycles. The van der Waals surface area contributed by atoms with Crippen LogP contribution in [-0.2, 0) is 4.79 Å².